The van der Waals surface area contributed by atoms with Crippen LogP contribution in [0, 0.1) is 0 Å². The smallest absolute Gasteiger partial charge is 0.355 e. The summed E-state index contributed by atoms with van der Waals surface area (Å²) < 4.78 is 16.1. The molecule has 1 N–H and O–H groups in total. The van der Waals surface area contributed by atoms with Crippen LogP contribution in [-0.2, 0) is 4.74 Å². The molecule has 8 heteroatoms. The summed E-state index contributed by atoms with van der Waals surface area (Å²) in [4.78, 5) is 27.2. The van der Waals surface area contributed by atoms with Gasteiger partial charge in [-0.3, -0.25) is 4.79 Å². The summed E-state index contributed by atoms with van der Waals surface area (Å²) in [5.74, 6) is 0.460. The first kappa shape index (κ1) is 18.4. The second-order valence-electron chi connectivity index (χ2n) is 6.32. The van der Waals surface area contributed by atoms with Crippen LogP contribution in [0.1, 0.15) is 29.4 Å². The van der Waals surface area contributed by atoms with E-state index in [0.29, 0.717) is 28.0 Å². The summed E-state index contributed by atoms with van der Waals surface area (Å²) in [5, 5.41) is 9.09. The van der Waals surface area contributed by atoms with Crippen LogP contribution in [0.15, 0.2) is 63.8 Å². The first-order valence-corrected chi connectivity index (χ1v) is 8.86. The van der Waals surface area contributed by atoms with Crippen molar-refractivity contribution in [1.29, 1.82) is 0 Å². The summed E-state index contributed by atoms with van der Waals surface area (Å²) in [6.07, 6.45) is -0.794. The van der Waals surface area contributed by atoms with Gasteiger partial charge in [-0.25, -0.2) is 4.79 Å². The van der Waals surface area contributed by atoms with E-state index in [9.17, 15) is 9.59 Å². The molecule has 0 aliphatic carbocycles. The fourth-order valence-corrected chi connectivity index (χ4v) is 2.84. The number of pyridine rings is 1. The fourth-order valence-electron chi connectivity index (χ4n) is 2.84. The molecule has 4 aromatic rings. The number of carbonyl (C=O) groups is 1. The summed E-state index contributed by atoms with van der Waals surface area (Å²) in [5.41, 5.74) is 0.402. The normalized spacial score (nSPS) is 11.9. The molecule has 0 unspecified atom stereocenters. The Morgan fingerprint density at radius 1 is 1.10 bits per heavy atom. The van der Waals surface area contributed by atoms with Crippen molar-refractivity contribution in [3.8, 4) is 17.2 Å². The maximum atomic E-state index is 12.5. The molecule has 2 aromatic carbocycles. The second-order valence-corrected chi connectivity index (χ2v) is 6.32. The van der Waals surface area contributed by atoms with Gasteiger partial charge in [-0.1, -0.05) is 18.2 Å². The van der Waals surface area contributed by atoms with Crippen LogP contribution in [0.2, 0.25) is 0 Å². The second kappa shape index (κ2) is 7.59. The molecule has 0 spiro atoms. The minimum Gasteiger partial charge on any atom is -0.497 e. The number of fused-ring (bicyclic) bond motifs is 1. The van der Waals surface area contributed by atoms with Crippen LogP contribution in [0.5, 0.6) is 5.75 Å². The zero-order valence-corrected chi connectivity index (χ0v) is 15.7. The average molecular weight is 391 g/mol. The summed E-state index contributed by atoms with van der Waals surface area (Å²) in [6, 6.07) is 15.7. The number of hydrogen-bond donors (Lipinski definition) is 1. The van der Waals surface area contributed by atoms with E-state index >= 15 is 0 Å². The van der Waals surface area contributed by atoms with Gasteiger partial charge in [0.25, 0.3) is 11.4 Å². The number of aromatic nitrogens is 3. The van der Waals surface area contributed by atoms with E-state index in [2.05, 4.69) is 15.2 Å². The molecule has 29 heavy (non-hydrogen) atoms. The molecule has 2 heterocycles. The molecule has 146 valence electrons. The third kappa shape index (κ3) is 3.73. The molecule has 0 radical (unpaired) electrons. The van der Waals surface area contributed by atoms with Gasteiger partial charge in [0.15, 0.2) is 6.10 Å². The maximum absolute atomic E-state index is 12.5. The predicted molar refractivity (Wildman–Crippen MR) is 105 cm³/mol. The zero-order valence-electron chi connectivity index (χ0n) is 15.7. The highest BCUT2D eigenvalue weighted by Crippen LogP contribution is 2.24. The highest BCUT2D eigenvalue weighted by Gasteiger charge is 2.21. The molecule has 0 saturated heterocycles. The lowest BCUT2D eigenvalue weighted by Gasteiger charge is -2.09. The molecule has 0 aliphatic heterocycles. The third-order valence-corrected chi connectivity index (χ3v) is 4.38. The highest BCUT2D eigenvalue weighted by atomic mass is 16.6. The number of methoxy groups -OCH3 is 1. The van der Waals surface area contributed by atoms with Crippen LogP contribution in [0.25, 0.3) is 22.2 Å². The van der Waals surface area contributed by atoms with Gasteiger partial charge in [-0.2, -0.15) is 0 Å². The molecule has 0 saturated carbocycles. The van der Waals surface area contributed by atoms with Crippen LogP contribution in [-0.4, -0.2) is 28.3 Å². The Balaban J connectivity index is 1.52. The number of aromatic amines is 1. The number of ether oxygens (including phenoxy) is 2. The van der Waals surface area contributed by atoms with Crippen molar-refractivity contribution < 1.29 is 18.7 Å². The lowest BCUT2D eigenvalue weighted by Crippen LogP contribution is -2.16. The molecule has 8 nitrogen and oxygen atoms in total. The number of benzene rings is 2. The number of nitrogens with one attached hydrogen (secondary N) is 1. The number of H-pyrrole nitrogens is 1. The Labute approximate surface area is 165 Å². The van der Waals surface area contributed by atoms with Gasteiger partial charge >= 0.3 is 5.97 Å². The van der Waals surface area contributed by atoms with E-state index in [1.54, 1.807) is 68.6 Å². The lowest BCUT2D eigenvalue weighted by molar-refractivity contribution is 0.0273. The Morgan fingerprint density at radius 3 is 2.62 bits per heavy atom. The Bertz CT molecular complexity index is 1230. The van der Waals surface area contributed by atoms with Gasteiger partial charge in [-0.05, 0) is 48.7 Å². The summed E-state index contributed by atoms with van der Waals surface area (Å²) in [6.45, 7) is 1.61. The van der Waals surface area contributed by atoms with Crippen LogP contribution in [0.3, 0.4) is 0 Å². The quantitative estimate of drug-likeness (QED) is 0.519. The molecule has 1 atom stereocenters. The Morgan fingerprint density at radius 2 is 1.86 bits per heavy atom. The van der Waals surface area contributed by atoms with Gasteiger partial charge in [0.2, 0.25) is 5.89 Å². The van der Waals surface area contributed by atoms with Crippen molar-refractivity contribution in [3.63, 3.8) is 0 Å². The van der Waals surface area contributed by atoms with Crippen LogP contribution < -0.4 is 10.3 Å². The Hall–Kier alpha value is -3.94. The van der Waals surface area contributed by atoms with Crippen molar-refractivity contribution in [1.82, 2.24) is 15.2 Å². The molecule has 0 bridgehead atoms. The average Bonchev–Trinajstić information content (AvgIpc) is 3.24. The maximum Gasteiger partial charge on any atom is 0.355 e. The predicted octanol–water partition coefficient (Wildman–Crippen LogP) is 3.50. The van der Waals surface area contributed by atoms with E-state index in [-0.39, 0.29) is 17.1 Å². The number of carbonyl (C=O) groups excluding carboxylic acids is 1. The van der Waals surface area contributed by atoms with Crippen molar-refractivity contribution in [3.05, 3.63) is 76.5 Å². The SMILES string of the molecule is COc1ccc(-c2nnc([C@H](C)OC(=O)c3cc4ccccc4c(=O)[nH]3)o2)cc1. The molecule has 0 aliphatic rings. The van der Waals surface area contributed by atoms with E-state index < -0.39 is 12.1 Å². The van der Waals surface area contributed by atoms with Gasteiger partial charge in [-0.15, -0.1) is 10.2 Å². The van der Waals surface area contributed by atoms with Crippen molar-refractivity contribution in [2.75, 3.05) is 7.11 Å². The molecule has 2 aromatic heterocycles. The number of rotatable bonds is 5. The van der Waals surface area contributed by atoms with Crippen LogP contribution in [0.4, 0.5) is 0 Å². The first-order chi connectivity index (χ1) is 14.0. The Kier molecular flexibility index (Phi) is 4.82. The van der Waals surface area contributed by atoms with Crippen molar-refractivity contribution in [2.24, 2.45) is 0 Å². The fraction of sp³-hybridized carbons (Fsp3) is 0.143. The summed E-state index contributed by atoms with van der Waals surface area (Å²) in [7, 11) is 1.58. The standard InChI is InChI=1S/C21H17N3O5/c1-12(19-23-24-20(29-19)13-7-9-15(27-2)10-8-13)28-21(26)17-11-14-5-3-4-6-16(14)18(25)22-17/h3-12H,1-2H3,(H,22,25)/t12-/m0/s1. The van der Waals surface area contributed by atoms with E-state index in [4.69, 9.17) is 13.9 Å². The molecule has 4 rings (SSSR count). The molecular weight excluding hydrogens is 374 g/mol. The third-order valence-electron chi connectivity index (χ3n) is 4.38. The van der Waals surface area contributed by atoms with Crippen molar-refractivity contribution >= 4 is 16.7 Å². The minimum atomic E-state index is -0.794. The number of esters is 1. The number of nitrogens with zero attached hydrogens (tertiary/aromatic N) is 2. The molecular formula is C21H17N3O5. The van der Waals surface area contributed by atoms with Gasteiger partial charge in [0.1, 0.15) is 11.4 Å². The van der Waals surface area contributed by atoms with Gasteiger partial charge in [0.05, 0.1) is 7.11 Å². The largest absolute Gasteiger partial charge is 0.497 e. The van der Waals surface area contributed by atoms with Crippen LogP contribution >= 0.6 is 0 Å². The first-order valence-electron chi connectivity index (χ1n) is 8.86. The lowest BCUT2D eigenvalue weighted by atomic mass is 10.1. The van der Waals surface area contributed by atoms with E-state index in [0.717, 1.165) is 0 Å². The van der Waals surface area contributed by atoms with Crippen molar-refractivity contribution in [2.45, 2.75) is 13.0 Å². The van der Waals surface area contributed by atoms with E-state index in [1.807, 2.05) is 0 Å². The minimum absolute atomic E-state index is 0.0513. The number of hydrogen-bond acceptors (Lipinski definition) is 7. The molecule has 0 fully saturated rings. The monoisotopic (exact) mass is 391 g/mol. The zero-order chi connectivity index (χ0) is 20.4. The van der Waals surface area contributed by atoms with Gasteiger partial charge < -0.3 is 18.9 Å². The molecule has 0 amide bonds. The summed E-state index contributed by atoms with van der Waals surface area (Å²) >= 11 is 0. The van der Waals surface area contributed by atoms with Gasteiger partial charge in [0, 0.05) is 10.9 Å². The topological polar surface area (TPSA) is 107 Å². The highest BCUT2D eigenvalue weighted by molar-refractivity contribution is 5.93. The van der Waals surface area contributed by atoms with E-state index in [1.165, 1.54) is 0 Å².